The van der Waals surface area contributed by atoms with Crippen molar-refractivity contribution in [3.63, 3.8) is 0 Å². The van der Waals surface area contributed by atoms with Crippen LogP contribution in [0.1, 0.15) is 6.92 Å². The molecule has 0 aliphatic carbocycles. The highest BCUT2D eigenvalue weighted by Crippen LogP contribution is 2.24. The van der Waals surface area contributed by atoms with E-state index in [1.807, 2.05) is 24.3 Å². The molecule has 1 unspecified atom stereocenters. The van der Waals surface area contributed by atoms with Crippen LogP contribution >= 0.6 is 0 Å². The first-order valence-electron chi connectivity index (χ1n) is 9.36. The smallest absolute Gasteiger partial charge is 0.254 e. The zero-order valence-electron chi connectivity index (χ0n) is 16.8. The van der Waals surface area contributed by atoms with Gasteiger partial charge in [-0.1, -0.05) is 30.3 Å². The van der Waals surface area contributed by atoms with E-state index in [1.54, 1.807) is 37.6 Å². The molecule has 2 heterocycles. The van der Waals surface area contributed by atoms with Gasteiger partial charge in [0.15, 0.2) is 9.84 Å². The molecular formula is C21H19N5O4S. The van der Waals surface area contributed by atoms with Crippen molar-refractivity contribution in [1.29, 1.82) is 0 Å². The zero-order valence-corrected chi connectivity index (χ0v) is 17.6. The van der Waals surface area contributed by atoms with Crippen LogP contribution in [0.5, 0.6) is 5.75 Å². The predicted octanol–water partition coefficient (Wildman–Crippen LogP) is 2.60. The number of fused-ring (bicyclic) bond motifs is 1. The summed E-state index contributed by atoms with van der Waals surface area (Å²) in [5, 5.41) is 5.45. The molecule has 0 spiro atoms. The number of carbonyl (C=O) groups excluding carboxylic acids is 1. The van der Waals surface area contributed by atoms with E-state index >= 15 is 0 Å². The molecule has 0 bridgehead atoms. The van der Waals surface area contributed by atoms with E-state index in [0.29, 0.717) is 11.4 Å². The fourth-order valence-electron chi connectivity index (χ4n) is 3.02. The van der Waals surface area contributed by atoms with E-state index < -0.39 is 21.0 Å². The summed E-state index contributed by atoms with van der Waals surface area (Å²) in [7, 11) is -2.27. The first-order chi connectivity index (χ1) is 14.9. The highest BCUT2D eigenvalue weighted by molar-refractivity contribution is 7.92. The lowest BCUT2D eigenvalue weighted by Crippen LogP contribution is -2.33. The normalized spacial score (nSPS) is 12.5. The lowest BCUT2D eigenvalue weighted by molar-refractivity contribution is -0.115. The number of aromatic nitrogens is 4. The molecule has 0 radical (unpaired) electrons. The largest absolute Gasteiger partial charge is 0.497 e. The second-order valence-corrected chi connectivity index (χ2v) is 8.97. The lowest BCUT2D eigenvalue weighted by atomic mass is 10.1. The van der Waals surface area contributed by atoms with Gasteiger partial charge in [-0.25, -0.2) is 13.4 Å². The molecule has 1 N–H and O–H groups in total. The molecule has 10 heteroatoms. The van der Waals surface area contributed by atoms with Crippen LogP contribution in [-0.2, 0) is 14.6 Å². The molecule has 2 aromatic heterocycles. The van der Waals surface area contributed by atoms with Crippen LogP contribution in [0, 0.1) is 0 Å². The van der Waals surface area contributed by atoms with Crippen LogP contribution < -0.4 is 10.1 Å². The molecule has 2 aromatic carbocycles. The Balaban J connectivity index is 1.63. The Labute approximate surface area is 178 Å². The van der Waals surface area contributed by atoms with Crippen LogP contribution in [-0.4, -0.2) is 46.3 Å². The summed E-state index contributed by atoms with van der Waals surface area (Å²) in [4.78, 5) is 21.1. The number of nitrogens with one attached hydrogen (secondary N) is 1. The second-order valence-electron chi connectivity index (χ2n) is 6.70. The number of ether oxygens (including phenoxy) is 1. The average Bonchev–Trinajstić information content (AvgIpc) is 3.21. The summed E-state index contributed by atoms with van der Waals surface area (Å²) in [6.45, 7) is 1.33. The summed E-state index contributed by atoms with van der Waals surface area (Å²) in [6.07, 6.45) is 1.58. The standard InChI is InChI=1S/C21H19N5O4S/c1-14(31(28,29)17-9-4-3-5-10-17)19(27)23-20-24-21-22-12-11-18(26(21)25-20)15-7-6-8-16(13-15)30-2/h3-14H,1-2H3,(H,23,25,27). The van der Waals surface area contributed by atoms with Gasteiger partial charge in [0.25, 0.3) is 11.7 Å². The van der Waals surface area contributed by atoms with Gasteiger partial charge in [-0.15, -0.1) is 5.10 Å². The van der Waals surface area contributed by atoms with E-state index in [0.717, 1.165) is 5.56 Å². The Morgan fingerprint density at radius 1 is 1.10 bits per heavy atom. The number of benzene rings is 2. The van der Waals surface area contributed by atoms with Gasteiger partial charge in [-0.3, -0.25) is 10.1 Å². The van der Waals surface area contributed by atoms with Crippen molar-refractivity contribution in [3.05, 3.63) is 66.9 Å². The summed E-state index contributed by atoms with van der Waals surface area (Å²) in [6, 6.07) is 17.0. The topological polar surface area (TPSA) is 116 Å². The van der Waals surface area contributed by atoms with Gasteiger partial charge in [0.05, 0.1) is 17.7 Å². The van der Waals surface area contributed by atoms with Gasteiger partial charge < -0.3 is 4.74 Å². The maximum absolute atomic E-state index is 12.7. The molecule has 158 valence electrons. The van der Waals surface area contributed by atoms with Gasteiger partial charge in [-0.05, 0) is 37.3 Å². The monoisotopic (exact) mass is 437 g/mol. The Bertz CT molecular complexity index is 1350. The molecule has 0 aliphatic rings. The molecule has 0 saturated heterocycles. The van der Waals surface area contributed by atoms with Crippen LogP contribution in [0.25, 0.3) is 17.0 Å². The number of sulfone groups is 1. The SMILES string of the molecule is COc1cccc(-c2ccnc3nc(NC(=O)C(C)S(=O)(=O)c4ccccc4)nn23)c1. The number of methoxy groups -OCH3 is 1. The molecular weight excluding hydrogens is 418 g/mol. The maximum Gasteiger partial charge on any atom is 0.254 e. The van der Waals surface area contributed by atoms with Crippen molar-refractivity contribution >= 4 is 27.5 Å². The van der Waals surface area contributed by atoms with Crippen molar-refractivity contribution in [3.8, 4) is 17.0 Å². The minimum absolute atomic E-state index is 0.0389. The number of rotatable bonds is 6. The van der Waals surface area contributed by atoms with Gasteiger partial charge in [0.2, 0.25) is 5.91 Å². The van der Waals surface area contributed by atoms with Gasteiger partial charge in [0, 0.05) is 11.8 Å². The van der Waals surface area contributed by atoms with E-state index in [1.165, 1.54) is 23.6 Å². The molecule has 0 saturated carbocycles. The third-order valence-electron chi connectivity index (χ3n) is 4.75. The quantitative estimate of drug-likeness (QED) is 0.493. The van der Waals surface area contributed by atoms with Crippen molar-refractivity contribution in [2.45, 2.75) is 17.1 Å². The molecule has 1 amide bonds. The molecule has 4 rings (SSSR count). The number of anilines is 1. The Hall–Kier alpha value is -3.79. The summed E-state index contributed by atoms with van der Waals surface area (Å²) in [5.41, 5.74) is 1.50. The second kappa shape index (κ2) is 8.15. The summed E-state index contributed by atoms with van der Waals surface area (Å²) in [5.74, 6) is 0.163. The van der Waals surface area contributed by atoms with Crippen molar-refractivity contribution < 1.29 is 17.9 Å². The van der Waals surface area contributed by atoms with Gasteiger partial charge >= 0.3 is 0 Å². The predicted molar refractivity (Wildman–Crippen MR) is 114 cm³/mol. The Kier molecular flexibility index (Phi) is 5.38. The van der Waals surface area contributed by atoms with Crippen molar-refractivity contribution in [2.24, 2.45) is 0 Å². The van der Waals surface area contributed by atoms with Gasteiger partial charge in [-0.2, -0.15) is 9.50 Å². The number of amides is 1. The summed E-state index contributed by atoms with van der Waals surface area (Å²) < 4.78 is 32.1. The first kappa shape index (κ1) is 20.5. The van der Waals surface area contributed by atoms with E-state index in [-0.39, 0.29) is 16.6 Å². The number of nitrogens with zero attached hydrogens (tertiary/aromatic N) is 4. The highest BCUT2D eigenvalue weighted by atomic mass is 32.2. The average molecular weight is 437 g/mol. The highest BCUT2D eigenvalue weighted by Gasteiger charge is 2.30. The maximum atomic E-state index is 12.7. The van der Waals surface area contributed by atoms with Crippen molar-refractivity contribution in [1.82, 2.24) is 19.6 Å². The first-order valence-corrected chi connectivity index (χ1v) is 10.9. The fraction of sp³-hybridized carbons (Fsp3) is 0.143. The third kappa shape index (κ3) is 3.97. The zero-order chi connectivity index (χ0) is 22.0. The van der Waals surface area contributed by atoms with Gasteiger partial charge in [0.1, 0.15) is 11.0 Å². The minimum atomic E-state index is -3.85. The Morgan fingerprint density at radius 3 is 2.61 bits per heavy atom. The molecule has 0 fully saturated rings. The summed E-state index contributed by atoms with van der Waals surface area (Å²) >= 11 is 0. The number of hydrogen-bond donors (Lipinski definition) is 1. The third-order valence-corrected chi connectivity index (χ3v) is 6.82. The van der Waals surface area contributed by atoms with Crippen molar-refractivity contribution in [2.75, 3.05) is 12.4 Å². The molecule has 31 heavy (non-hydrogen) atoms. The lowest BCUT2D eigenvalue weighted by Gasteiger charge is -2.11. The minimum Gasteiger partial charge on any atom is -0.497 e. The Morgan fingerprint density at radius 2 is 1.87 bits per heavy atom. The molecule has 4 aromatic rings. The number of hydrogen-bond acceptors (Lipinski definition) is 7. The fourth-order valence-corrected chi connectivity index (χ4v) is 4.30. The number of carbonyl (C=O) groups is 1. The molecule has 1 atom stereocenters. The van der Waals surface area contributed by atoms with E-state index in [2.05, 4.69) is 20.4 Å². The van der Waals surface area contributed by atoms with Crippen LogP contribution in [0.2, 0.25) is 0 Å². The molecule has 0 aliphatic heterocycles. The van der Waals surface area contributed by atoms with Crippen LogP contribution in [0.4, 0.5) is 5.95 Å². The molecule has 9 nitrogen and oxygen atoms in total. The van der Waals surface area contributed by atoms with E-state index in [9.17, 15) is 13.2 Å². The van der Waals surface area contributed by atoms with Crippen LogP contribution in [0.15, 0.2) is 71.8 Å². The van der Waals surface area contributed by atoms with Crippen LogP contribution in [0.3, 0.4) is 0 Å². The van der Waals surface area contributed by atoms with E-state index in [4.69, 9.17) is 4.74 Å².